The van der Waals surface area contributed by atoms with Gasteiger partial charge in [-0.15, -0.1) is 0 Å². The van der Waals surface area contributed by atoms with Crippen LogP contribution in [-0.4, -0.2) is 33.4 Å². The molecule has 1 saturated carbocycles. The Labute approximate surface area is 160 Å². The Morgan fingerprint density at radius 2 is 1.81 bits per heavy atom. The third-order valence-electron chi connectivity index (χ3n) is 5.87. The molecule has 0 radical (unpaired) electrons. The maximum atomic E-state index is 13.2. The molecule has 6 nitrogen and oxygen atoms in total. The lowest BCUT2D eigenvalue weighted by atomic mass is 9.65. The fourth-order valence-corrected chi connectivity index (χ4v) is 5.28. The van der Waals surface area contributed by atoms with E-state index >= 15 is 0 Å². The van der Waals surface area contributed by atoms with Gasteiger partial charge < -0.3 is 16.4 Å². The number of likely N-dealkylation sites (tertiary alicyclic amines) is 1. The van der Waals surface area contributed by atoms with Crippen molar-refractivity contribution in [3.05, 3.63) is 35.9 Å². The first kappa shape index (κ1) is 17.8. The van der Waals surface area contributed by atoms with Crippen LogP contribution in [0, 0.1) is 10.8 Å². The first-order chi connectivity index (χ1) is 12.6. The molecule has 1 amide bonds. The molecule has 2 heterocycles. The molecule has 1 aliphatic carbocycles. The summed E-state index contributed by atoms with van der Waals surface area (Å²) in [6.07, 6.45) is 3.36. The van der Waals surface area contributed by atoms with Crippen LogP contribution < -0.4 is 11.5 Å². The number of hydrogen-bond donors (Lipinski definition) is 2. The van der Waals surface area contributed by atoms with Gasteiger partial charge in [0.1, 0.15) is 5.82 Å². The van der Waals surface area contributed by atoms with E-state index in [1.54, 1.807) is 6.07 Å². The number of rotatable bonds is 2. The minimum absolute atomic E-state index is 0.120. The topological polar surface area (TPSA) is 98.1 Å². The zero-order valence-electron chi connectivity index (χ0n) is 16.2. The number of nitrogens with two attached hydrogens (primary N) is 2. The van der Waals surface area contributed by atoms with E-state index in [0.29, 0.717) is 28.5 Å². The van der Waals surface area contributed by atoms with Crippen LogP contribution in [0.25, 0.3) is 11.3 Å². The molecule has 4 N–H and O–H groups in total. The van der Waals surface area contributed by atoms with Crippen LogP contribution in [0.5, 0.6) is 0 Å². The van der Waals surface area contributed by atoms with E-state index in [9.17, 15) is 4.79 Å². The standard InChI is InChI=1S/C21H27N5O/c1-20(2)9-15-10-21(3,11-20)12-26(15)18(27)14-6-4-13(5-7-14)16-8-17(22)25-19(23)24-16/h4-8,15H,9-12H2,1-3H3,(H4,22,23,24,25)/t15-,21-/m1/s1. The van der Waals surface area contributed by atoms with E-state index in [2.05, 4.69) is 35.6 Å². The fourth-order valence-electron chi connectivity index (χ4n) is 5.28. The van der Waals surface area contributed by atoms with E-state index in [-0.39, 0.29) is 17.3 Å². The van der Waals surface area contributed by atoms with Crippen molar-refractivity contribution in [3.63, 3.8) is 0 Å². The SMILES string of the molecule is CC1(C)C[C@@H]2C[C@@](C)(CN2C(=O)c2ccc(-c3cc(N)nc(N)n3)cc2)C1. The molecule has 1 saturated heterocycles. The molecular weight excluding hydrogens is 338 g/mol. The minimum Gasteiger partial charge on any atom is -0.384 e. The highest BCUT2D eigenvalue weighted by molar-refractivity contribution is 5.95. The number of benzene rings is 1. The summed E-state index contributed by atoms with van der Waals surface area (Å²) in [5, 5.41) is 0. The lowest BCUT2D eigenvalue weighted by Gasteiger charge is -2.39. The van der Waals surface area contributed by atoms with Crippen molar-refractivity contribution in [1.29, 1.82) is 0 Å². The Balaban J connectivity index is 1.57. The van der Waals surface area contributed by atoms with Crippen LogP contribution in [0.1, 0.15) is 50.4 Å². The maximum Gasteiger partial charge on any atom is 0.254 e. The number of nitrogen functional groups attached to an aromatic ring is 2. The van der Waals surface area contributed by atoms with Gasteiger partial charge in [0.25, 0.3) is 5.91 Å². The summed E-state index contributed by atoms with van der Waals surface area (Å²) in [4.78, 5) is 23.4. The van der Waals surface area contributed by atoms with Crippen molar-refractivity contribution in [2.24, 2.45) is 10.8 Å². The molecule has 1 aliphatic heterocycles. The summed E-state index contributed by atoms with van der Waals surface area (Å²) in [6, 6.07) is 9.53. The van der Waals surface area contributed by atoms with Crippen molar-refractivity contribution >= 4 is 17.7 Å². The third kappa shape index (κ3) is 3.36. The molecule has 2 aliphatic rings. The second-order valence-electron chi connectivity index (χ2n) is 9.26. The third-order valence-corrected chi connectivity index (χ3v) is 5.87. The first-order valence-corrected chi connectivity index (χ1v) is 9.46. The van der Waals surface area contributed by atoms with Gasteiger partial charge in [-0.05, 0) is 42.2 Å². The average molecular weight is 365 g/mol. The molecule has 0 spiro atoms. The van der Waals surface area contributed by atoms with Crippen LogP contribution in [-0.2, 0) is 0 Å². The predicted molar refractivity (Wildman–Crippen MR) is 107 cm³/mol. The van der Waals surface area contributed by atoms with Gasteiger partial charge in [-0.2, -0.15) is 4.98 Å². The van der Waals surface area contributed by atoms with Gasteiger partial charge in [-0.25, -0.2) is 4.98 Å². The second-order valence-corrected chi connectivity index (χ2v) is 9.26. The number of amides is 1. The molecule has 2 fully saturated rings. The highest BCUT2D eigenvalue weighted by atomic mass is 16.2. The molecule has 142 valence electrons. The molecule has 6 heteroatoms. The summed E-state index contributed by atoms with van der Waals surface area (Å²) in [5.74, 6) is 0.595. The molecule has 1 aromatic carbocycles. The Bertz CT molecular complexity index is 872. The number of fused-ring (bicyclic) bond motifs is 2. The minimum atomic E-state index is 0.120. The van der Waals surface area contributed by atoms with Gasteiger partial charge in [0.15, 0.2) is 0 Å². The summed E-state index contributed by atoms with van der Waals surface area (Å²) in [5.41, 5.74) is 14.2. The quantitative estimate of drug-likeness (QED) is 0.850. The zero-order chi connectivity index (χ0) is 19.4. The molecule has 0 unspecified atom stereocenters. The number of carbonyl (C=O) groups excluding carboxylic acids is 1. The van der Waals surface area contributed by atoms with Crippen molar-refractivity contribution < 1.29 is 4.79 Å². The normalized spacial score (nSPS) is 26.2. The van der Waals surface area contributed by atoms with Crippen LogP contribution in [0.3, 0.4) is 0 Å². The lowest BCUT2D eigenvalue weighted by molar-refractivity contribution is 0.0708. The molecular formula is C21H27N5O. The first-order valence-electron chi connectivity index (χ1n) is 9.46. The summed E-state index contributed by atoms with van der Waals surface area (Å²) >= 11 is 0. The summed E-state index contributed by atoms with van der Waals surface area (Å²) in [7, 11) is 0. The highest BCUT2D eigenvalue weighted by Gasteiger charge is 2.50. The molecule has 4 rings (SSSR count). The molecule has 27 heavy (non-hydrogen) atoms. The van der Waals surface area contributed by atoms with Gasteiger partial charge in [0, 0.05) is 29.8 Å². The van der Waals surface area contributed by atoms with Crippen molar-refractivity contribution in [1.82, 2.24) is 14.9 Å². The number of aromatic nitrogens is 2. The van der Waals surface area contributed by atoms with Crippen LogP contribution in [0.15, 0.2) is 30.3 Å². The van der Waals surface area contributed by atoms with Crippen molar-refractivity contribution in [2.75, 3.05) is 18.0 Å². The Kier molecular flexibility index (Phi) is 3.91. The second kappa shape index (κ2) is 5.94. The van der Waals surface area contributed by atoms with Crippen LogP contribution in [0.2, 0.25) is 0 Å². The van der Waals surface area contributed by atoms with Gasteiger partial charge in [-0.1, -0.05) is 32.9 Å². The number of hydrogen-bond acceptors (Lipinski definition) is 5. The maximum absolute atomic E-state index is 13.2. The van der Waals surface area contributed by atoms with Gasteiger partial charge in [0.05, 0.1) is 5.69 Å². The number of carbonyl (C=O) groups is 1. The predicted octanol–water partition coefficient (Wildman–Crippen LogP) is 3.35. The molecule has 2 atom stereocenters. The van der Waals surface area contributed by atoms with E-state index in [0.717, 1.165) is 24.9 Å². The smallest absolute Gasteiger partial charge is 0.254 e. The van der Waals surface area contributed by atoms with Crippen molar-refractivity contribution in [3.8, 4) is 11.3 Å². The van der Waals surface area contributed by atoms with Gasteiger partial charge in [-0.3, -0.25) is 4.79 Å². The van der Waals surface area contributed by atoms with Crippen LogP contribution in [0.4, 0.5) is 11.8 Å². The largest absolute Gasteiger partial charge is 0.384 e. The Morgan fingerprint density at radius 1 is 1.11 bits per heavy atom. The number of nitrogens with zero attached hydrogens (tertiary/aromatic N) is 3. The Morgan fingerprint density at radius 3 is 2.48 bits per heavy atom. The Hall–Kier alpha value is -2.63. The summed E-state index contributed by atoms with van der Waals surface area (Å²) in [6.45, 7) is 7.81. The highest BCUT2D eigenvalue weighted by Crippen LogP contribution is 2.52. The zero-order valence-corrected chi connectivity index (χ0v) is 16.2. The molecule has 1 aromatic heterocycles. The van der Waals surface area contributed by atoms with Gasteiger partial charge in [0.2, 0.25) is 5.95 Å². The van der Waals surface area contributed by atoms with Gasteiger partial charge >= 0.3 is 0 Å². The van der Waals surface area contributed by atoms with E-state index in [1.165, 1.54) is 6.42 Å². The molecule has 2 bridgehead atoms. The number of anilines is 2. The van der Waals surface area contributed by atoms with E-state index in [1.807, 2.05) is 24.3 Å². The lowest BCUT2D eigenvalue weighted by Crippen LogP contribution is -2.37. The van der Waals surface area contributed by atoms with E-state index in [4.69, 9.17) is 11.5 Å². The van der Waals surface area contributed by atoms with Crippen molar-refractivity contribution in [2.45, 2.75) is 46.1 Å². The fraction of sp³-hybridized carbons (Fsp3) is 0.476. The monoisotopic (exact) mass is 365 g/mol. The van der Waals surface area contributed by atoms with E-state index < -0.39 is 0 Å². The molecule has 2 aromatic rings. The summed E-state index contributed by atoms with van der Waals surface area (Å²) < 4.78 is 0. The average Bonchev–Trinajstić information content (AvgIpc) is 2.82. The van der Waals surface area contributed by atoms with Crippen LogP contribution >= 0.6 is 0 Å².